The predicted molar refractivity (Wildman–Crippen MR) is 122 cm³/mol. The normalized spacial score (nSPS) is 10.4. The van der Waals surface area contributed by atoms with Crippen LogP contribution in [0.4, 0.5) is 5.69 Å². The number of benzene rings is 1. The van der Waals surface area contributed by atoms with Gasteiger partial charge in [0.05, 0.1) is 31.2 Å². The summed E-state index contributed by atoms with van der Waals surface area (Å²) in [5.41, 5.74) is 7.86. The molecule has 0 radical (unpaired) electrons. The molecule has 0 spiro atoms. The van der Waals surface area contributed by atoms with Gasteiger partial charge in [-0.15, -0.1) is 23.1 Å². The summed E-state index contributed by atoms with van der Waals surface area (Å²) in [5, 5.41) is 10.0. The van der Waals surface area contributed by atoms with Crippen LogP contribution in [0, 0.1) is 11.3 Å². The number of hydrogen-bond donors (Lipinski definition) is 1. The van der Waals surface area contributed by atoms with E-state index in [1.807, 2.05) is 6.07 Å². The quantitative estimate of drug-likeness (QED) is 0.281. The maximum Gasteiger partial charge on any atom is 0.205 e. The number of nitrogen functional groups attached to an aromatic ring is 1. The second-order valence-corrected chi connectivity index (χ2v) is 8.79. The fraction of sp³-hybridized carbons (Fsp3) is 0.190. The van der Waals surface area contributed by atoms with Crippen molar-refractivity contribution in [2.75, 3.05) is 27.1 Å². The molecule has 3 rings (SSSR count). The van der Waals surface area contributed by atoms with E-state index < -0.39 is 0 Å². The first-order chi connectivity index (χ1) is 14.9. The molecule has 0 aliphatic heterocycles. The second kappa shape index (κ2) is 9.92. The van der Waals surface area contributed by atoms with Crippen molar-refractivity contribution in [3.8, 4) is 23.3 Å². The van der Waals surface area contributed by atoms with Crippen molar-refractivity contribution >= 4 is 46.2 Å². The lowest BCUT2D eigenvalue weighted by atomic mass is 10.1. The molecule has 2 N–H and O–H groups in total. The molecular weight excluding hydrogens is 458 g/mol. The number of nitriles is 1. The third kappa shape index (κ3) is 4.71. The van der Waals surface area contributed by atoms with Gasteiger partial charge >= 0.3 is 0 Å². The number of carbonyl (C=O) groups is 1. The Morgan fingerprint density at radius 3 is 2.42 bits per heavy atom. The number of nitrogens with two attached hydrogens (primary N) is 1. The fourth-order valence-electron chi connectivity index (χ4n) is 2.78. The van der Waals surface area contributed by atoms with Gasteiger partial charge in [-0.3, -0.25) is 4.79 Å². The van der Waals surface area contributed by atoms with Crippen LogP contribution in [-0.2, 0) is 5.75 Å². The Balaban J connectivity index is 1.95. The second-order valence-electron chi connectivity index (χ2n) is 6.14. The zero-order chi connectivity index (χ0) is 22.5. The summed E-state index contributed by atoms with van der Waals surface area (Å²) in [6.07, 6.45) is 1.67. The molecule has 31 heavy (non-hydrogen) atoms. The number of pyridine rings is 1. The molecule has 1 aromatic carbocycles. The van der Waals surface area contributed by atoms with Gasteiger partial charge in [-0.25, -0.2) is 4.98 Å². The van der Waals surface area contributed by atoms with E-state index in [9.17, 15) is 10.1 Å². The van der Waals surface area contributed by atoms with Crippen molar-refractivity contribution in [1.82, 2.24) is 4.98 Å². The van der Waals surface area contributed by atoms with E-state index in [0.717, 1.165) is 5.56 Å². The number of nitrogens with zero attached hydrogens (tertiary/aromatic N) is 2. The van der Waals surface area contributed by atoms with Gasteiger partial charge in [0.2, 0.25) is 11.5 Å². The number of thiophene rings is 1. The molecule has 2 heterocycles. The molecule has 0 amide bonds. The minimum atomic E-state index is -0.335. The third-order valence-corrected chi connectivity index (χ3v) is 7.09. The van der Waals surface area contributed by atoms with Crippen LogP contribution in [0.25, 0.3) is 0 Å². The zero-order valence-corrected chi connectivity index (χ0v) is 19.3. The molecule has 0 unspecified atom stereocenters. The molecule has 0 saturated carbocycles. The Morgan fingerprint density at radius 2 is 1.90 bits per heavy atom. The maximum atomic E-state index is 13.2. The third-order valence-electron chi connectivity index (χ3n) is 4.32. The lowest BCUT2D eigenvalue weighted by Crippen LogP contribution is -2.05. The maximum absolute atomic E-state index is 13.2. The molecule has 3 aromatic rings. The van der Waals surface area contributed by atoms with Gasteiger partial charge < -0.3 is 19.9 Å². The van der Waals surface area contributed by atoms with Gasteiger partial charge in [0.25, 0.3) is 0 Å². The number of anilines is 1. The van der Waals surface area contributed by atoms with E-state index in [1.165, 1.54) is 44.4 Å². The van der Waals surface area contributed by atoms with Crippen molar-refractivity contribution < 1.29 is 19.0 Å². The Labute approximate surface area is 192 Å². The topological polar surface area (TPSA) is 107 Å². The van der Waals surface area contributed by atoms with Crippen LogP contribution in [0.2, 0.25) is 5.15 Å². The molecule has 0 atom stereocenters. The number of halogens is 1. The number of ether oxygens (including phenoxy) is 3. The van der Waals surface area contributed by atoms with Gasteiger partial charge in [-0.1, -0.05) is 17.7 Å². The van der Waals surface area contributed by atoms with Crippen LogP contribution in [-0.4, -0.2) is 32.1 Å². The smallest absolute Gasteiger partial charge is 0.205 e. The van der Waals surface area contributed by atoms with Crippen LogP contribution in [0.5, 0.6) is 17.2 Å². The Kier molecular flexibility index (Phi) is 7.28. The Hall–Kier alpha value is -2.93. The summed E-state index contributed by atoms with van der Waals surface area (Å²) < 4.78 is 16.6. The van der Waals surface area contributed by atoms with Gasteiger partial charge in [0, 0.05) is 17.5 Å². The highest BCUT2D eigenvalue weighted by atomic mass is 35.5. The number of thioether (sulfide) groups is 1. The van der Waals surface area contributed by atoms with E-state index in [4.69, 9.17) is 31.5 Å². The molecule has 0 saturated heterocycles. The number of rotatable bonds is 8. The van der Waals surface area contributed by atoms with E-state index >= 15 is 0 Å². The zero-order valence-electron chi connectivity index (χ0n) is 16.9. The van der Waals surface area contributed by atoms with E-state index in [2.05, 4.69) is 11.1 Å². The molecule has 7 nitrogen and oxygen atoms in total. The first-order valence-electron chi connectivity index (χ1n) is 8.83. The van der Waals surface area contributed by atoms with Crippen LogP contribution < -0.4 is 19.9 Å². The lowest BCUT2D eigenvalue weighted by molar-refractivity contribution is 0.104. The van der Waals surface area contributed by atoms with Gasteiger partial charge in [0.15, 0.2) is 11.5 Å². The summed E-state index contributed by atoms with van der Waals surface area (Å²) >= 11 is 8.41. The van der Waals surface area contributed by atoms with Crippen LogP contribution in [0.3, 0.4) is 0 Å². The van der Waals surface area contributed by atoms with E-state index in [-0.39, 0.29) is 21.9 Å². The average molecular weight is 476 g/mol. The summed E-state index contributed by atoms with van der Waals surface area (Å²) in [7, 11) is 4.43. The number of aromatic nitrogens is 1. The standard InChI is InChI=1S/C21H18ClN3O4S2/c1-27-14-6-12(7-15(28-2)19(14)29-3)18(26)20-17(24)13(8-23)21(31-20)30-10-11-4-5-16(22)25-9-11/h4-7,9H,10,24H2,1-3H3. The van der Waals surface area contributed by atoms with E-state index in [1.54, 1.807) is 24.4 Å². The minimum absolute atomic E-state index is 0.156. The molecule has 0 aliphatic rings. The highest BCUT2D eigenvalue weighted by molar-refractivity contribution is 8.00. The summed E-state index contributed by atoms with van der Waals surface area (Å²) in [6, 6.07) is 8.77. The Morgan fingerprint density at radius 1 is 1.23 bits per heavy atom. The molecule has 2 aromatic heterocycles. The molecule has 10 heteroatoms. The number of methoxy groups -OCH3 is 3. The summed E-state index contributed by atoms with van der Waals surface area (Å²) in [4.78, 5) is 17.6. The first kappa shape index (κ1) is 22.7. The highest BCUT2D eigenvalue weighted by Crippen LogP contribution is 2.42. The SMILES string of the molecule is COc1cc(C(=O)c2sc(SCc3ccc(Cl)nc3)c(C#N)c2N)cc(OC)c1OC. The van der Waals surface area contributed by atoms with E-state index in [0.29, 0.717) is 37.9 Å². The van der Waals surface area contributed by atoms with Crippen LogP contribution in [0.15, 0.2) is 34.7 Å². The first-order valence-corrected chi connectivity index (χ1v) is 11.0. The van der Waals surface area contributed by atoms with Crippen molar-refractivity contribution in [2.45, 2.75) is 9.96 Å². The Bertz CT molecular complexity index is 1130. The fourth-order valence-corrected chi connectivity index (χ4v) is 5.19. The number of hydrogen-bond acceptors (Lipinski definition) is 9. The van der Waals surface area contributed by atoms with Gasteiger partial charge in [-0.05, 0) is 23.8 Å². The van der Waals surface area contributed by atoms with Crippen molar-refractivity contribution in [2.24, 2.45) is 0 Å². The molecular formula is C21H18ClN3O4S2. The molecule has 0 fully saturated rings. The molecule has 0 bridgehead atoms. The van der Waals surface area contributed by atoms with Gasteiger partial charge in [-0.2, -0.15) is 5.26 Å². The summed E-state index contributed by atoms with van der Waals surface area (Å²) in [6.45, 7) is 0. The minimum Gasteiger partial charge on any atom is -0.493 e. The predicted octanol–water partition coefficient (Wildman–Crippen LogP) is 4.80. The lowest BCUT2D eigenvalue weighted by Gasteiger charge is -2.13. The largest absolute Gasteiger partial charge is 0.493 e. The summed E-state index contributed by atoms with van der Waals surface area (Å²) in [5.74, 6) is 1.30. The molecule has 160 valence electrons. The van der Waals surface area contributed by atoms with Crippen LogP contribution >= 0.6 is 34.7 Å². The monoisotopic (exact) mass is 475 g/mol. The number of carbonyl (C=O) groups excluding carboxylic acids is 1. The van der Waals surface area contributed by atoms with Crippen LogP contribution in [0.1, 0.15) is 26.4 Å². The van der Waals surface area contributed by atoms with Crippen molar-refractivity contribution in [1.29, 1.82) is 5.26 Å². The highest BCUT2D eigenvalue weighted by Gasteiger charge is 2.25. The van der Waals surface area contributed by atoms with Gasteiger partial charge in [0.1, 0.15) is 21.7 Å². The molecule has 0 aliphatic carbocycles. The number of ketones is 1. The van der Waals surface area contributed by atoms with Crippen molar-refractivity contribution in [3.63, 3.8) is 0 Å². The average Bonchev–Trinajstić information content (AvgIpc) is 3.12. The van der Waals surface area contributed by atoms with Crippen molar-refractivity contribution in [3.05, 3.63) is 57.2 Å².